The minimum atomic E-state index is -0.0919. The largest absolute Gasteiger partial charge is 0.348 e. The van der Waals surface area contributed by atoms with Crippen LogP contribution in [0.3, 0.4) is 0 Å². The number of amides is 1. The maximum Gasteiger partial charge on any atom is 0.270 e. The van der Waals surface area contributed by atoms with Gasteiger partial charge in [0.1, 0.15) is 5.69 Å². The van der Waals surface area contributed by atoms with Crippen molar-refractivity contribution in [3.8, 4) is 5.69 Å². The molecule has 0 saturated carbocycles. The van der Waals surface area contributed by atoms with Gasteiger partial charge in [0.05, 0.1) is 12.5 Å². The van der Waals surface area contributed by atoms with Crippen molar-refractivity contribution < 1.29 is 4.79 Å². The zero-order chi connectivity index (χ0) is 13.0. The predicted octanol–water partition coefficient (Wildman–Crippen LogP) is 2.40. The van der Waals surface area contributed by atoms with Crippen LogP contribution in [-0.4, -0.2) is 21.5 Å². The summed E-state index contributed by atoms with van der Waals surface area (Å²) in [5.74, 6) is -0.0919. The van der Waals surface area contributed by atoms with E-state index in [9.17, 15) is 4.79 Å². The Labute approximate surface area is 107 Å². The first kappa shape index (κ1) is 12.4. The lowest BCUT2D eigenvalue weighted by molar-refractivity contribution is 0.0932. The second-order valence-corrected chi connectivity index (χ2v) is 4.27. The second-order valence-electron chi connectivity index (χ2n) is 4.27. The van der Waals surface area contributed by atoms with Gasteiger partial charge in [0.15, 0.2) is 0 Å². The lowest BCUT2D eigenvalue weighted by Crippen LogP contribution is -2.33. The third-order valence-corrected chi connectivity index (χ3v) is 2.90. The number of nitrogens with one attached hydrogen (secondary N) is 1. The average Bonchev–Trinajstić information content (AvgIpc) is 2.88. The quantitative estimate of drug-likeness (QED) is 0.896. The molecule has 94 valence electrons. The minimum Gasteiger partial charge on any atom is -0.348 e. The number of carbonyl (C=O) groups is 1. The first-order valence-corrected chi connectivity index (χ1v) is 6.11. The molecule has 0 saturated heterocycles. The molecule has 2 rings (SSSR count). The molecule has 0 bridgehead atoms. The number of hydrogen-bond donors (Lipinski definition) is 1. The molecule has 1 aromatic carbocycles. The van der Waals surface area contributed by atoms with Gasteiger partial charge in [-0.15, -0.1) is 0 Å². The third kappa shape index (κ3) is 2.59. The molecule has 0 spiro atoms. The van der Waals surface area contributed by atoms with E-state index in [4.69, 9.17) is 0 Å². The normalized spacial score (nSPS) is 12.1. The Bertz CT molecular complexity index is 519. The number of hydrogen-bond acceptors (Lipinski definition) is 2. The van der Waals surface area contributed by atoms with Crippen molar-refractivity contribution >= 4 is 5.91 Å². The van der Waals surface area contributed by atoms with E-state index in [1.807, 2.05) is 44.2 Å². The Hall–Kier alpha value is -2.10. The van der Waals surface area contributed by atoms with Crippen molar-refractivity contribution in [2.45, 2.75) is 26.3 Å². The lowest BCUT2D eigenvalue weighted by atomic mass is 10.2. The van der Waals surface area contributed by atoms with Crippen LogP contribution >= 0.6 is 0 Å². The number of carbonyl (C=O) groups excluding carboxylic acids is 1. The van der Waals surface area contributed by atoms with Crippen molar-refractivity contribution in [2.75, 3.05) is 0 Å². The van der Waals surface area contributed by atoms with Gasteiger partial charge < -0.3 is 5.32 Å². The molecule has 1 unspecified atom stereocenters. The highest BCUT2D eigenvalue weighted by molar-refractivity contribution is 5.93. The highest BCUT2D eigenvalue weighted by Gasteiger charge is 2.14. The van der Waals surface area contributed by atoms with E-state index in [-0.39, 0.29) is 11.9 Å². The minimum absolute atomic E-state index is 0.0919. The fraction of sp³-hybridized carbons (Fsp3) is 0.286. The van der Waals surface area contributed by atoms with Crippen molar-refractivity contribution in [3.05, 3.63) is 48.5 Å². The van der Waals surface area contributed by atoms with Gasteiger partial charge in [0, 0.05) is 11.7 Å². The Morgan fingerprint density at radius 3 is 2.78 bits per heavy atom. The average molecular weight is 243 g/mol. The van der Waals surface area contributed by atoms with Gasteiger partial charge in [-0.2, -0.15) is 0 Å². The van der Waals surface area contributed by atoms with Crippen molar-refractivity contribution in [2.24, 2.45) is 0 Å². The molecular formula is C14H17N3O. The fourth-order valence-corrected chi connectivity index (χ4v) is 1.66. The van der Waals surface area contributed by atoms with E-state index in [1.54, 1.807) is 17.1 Å². The number of nitrogens with zero attached hydrogens (tertiary/aromatic N) is 2. The number of rotatable bonds is 4. The molecule has 18 heavy (non-hydrogen) atoms. The maximum absolute atomic E-state index is 12.1. The van der Waals surface area contributed by atoms with E-state index < -0.39 is 0 Å². The van der Waals surface area contributed by atoms with Crippen LogP contribution in [0.15, 0.2) is 42.9 Å². The molecule has 1 amide bonds. The van der Waals surface area contributed by atoms with Gasteiger partial charge in [-0.1, -0.05) is 25.1 Å². The molecule has 0 aliphatic heterocycles. The van der Waals surface area contributed by atoms with Gasteiger partial charge in [-0.25, -0.2) is 4.98 Å². The summed E-state index contributed by atoms with van der Waals surface area (Å²) in [5.41, 5.74) is 1.49. The van der Waals surface area contributed by atoms with Crippen LogP contribution in [0.2, 0.25) is 0 Å². The highest BCUT2D eigenvalue weighted by atomic mass is 16.2. The molecule has 1 atom stereocenters. The highest BCUT2D eigenvalue weighted by Crippen LogP contribution is 2.10. The van der Waals surface area contributed by atoms with Crippen LogP contribution in [0.5, 0.6) is 0 Å². The van der Waals surface area contributed by atoms with Crippen LogP contribution in [0.4, 0.5) is 0 Å². The van der Waals surface area contributed by atoms with Crippen molar-refractivity contribution in [1.29, 1.82) is 0 Å². The molecule has 2 aromatic rings. The molecular weight excluding hydrogens is 226 g/mol. The standard InChI is InChI=1S/C14H17N3O/c1-3-11(2)16-14(18)13-9-15-10-17(13)12-7-5-4-6-8-12/h4-11H,3H2,1-2H3,(H,16,18). The number of para-hydroxylation sites is 1. The zero-order valence-corrected chi connectivity index (χ0v) is 10.6. The molecule has 0 fully saturated rings. The number of benzene rings is 1. The van der Waals surface area contributed by atoms with Gasteiger partial charge in [-0.05, 0) is 25.5 Å². The van der Waals surface area contributed by atoms with Gasteiger partial charge in [-0.3, -0.25) is 9.36 Å². The molecule has 0 aliphatic rings. The smallest absolute Gasteiger partial charge is 0.270 e. The summed E-state index contributed by atoms with van der Waals surface area (Å²) in [6.45, 7) is 4.03. The Morgan fingerprint density at radius 1 is 1.39 bits per heavy atom. The van der Waals surface area contributed by atoms with Crippen LogP contribution < -0.4 is 5.32 Å². The number of aromatic nitrogens is 2. The van der Waals surface area contributed by atoms with E-state index in [2.05, 4.69) is 10.3 Å². The van der Waals surface area contributed by atoms with Crippen LogP contribution in [0.25, 0.3) is 5.69 Å². The fourth-order valence-electron chi connectivity index (χ4n) is 1.66. The third-order valence-electron chi connectivity index (χ3n) is 2.90. The molecule has 1 heterocycles. The first-order valence-electron chi connectivity index (χ1n) is 6.11. The molecule has 0 aliphatic carbocycles. The SMILES string of the molecule is CCC(C)NC(=O)c1cncn1-c1ccccc1. The predicted molar refractivity (Wildman–Crippen MR) is 70.8 cm³/mol. The van der Waals surface area contributed by atoms with Crippen LogP contribution in [0, 0.1) is 0 Å². The Morgan fingerprint density at radius 2 is 2.11 bits per heavy atom. The number of imidazole rings is 1. The van der Waals surface area contributed by atoms with Crippen molar-refractivity contribution in [3.63, 3.8) is 0 Å². The summed E-state index contributed by atoms with van der Waals surface area (Å²) < 4.78 is 1.79. The summed E-state index contributed by atoms with van der Waals surface area (Å²) in [7, 11) is 0. The van der Waals surface area contributed by atoms with Crippen LogP contribution in [0.1, 0.15) is 30.8 Å². The van der Waals surface area contributed by atoms with E-state index >= 15 is 0 Å². The lowest BCUT2D eigenvalue weighted by Gasteiger charge is -2.12. The van der Waals surface area contributed by atoms with Crippen molar-refractivity contribution in [1.82, 2.24) is 14.9 Å². The van der Waals surface area contributed by atoms with E-state index in [0.29, 0.717) is 5.69 Å². The summed E-state index contributed by atoms with van der Waals surface area (Å²) >= 11 is 0. The summed E-state index contributed by atoms with van der Waals surface area (Å²) in [6, 6.07) is 9.87. The second kappa shape index (κ2) is 5.49. The van der Waals surface area contributed by atoms with E-state index in [0.717, 1.165) is 12.1 Å². The van der Waals surface area contributed by atoms with Gasteiger partial charge >= 0.3 is 0 Å². The Balaban J connectivity index is 2.26. The van der Waals surface area contributed by atoms with Crippen LogP contribution in [-0.2, 0) is 0 Å². The summed E-state index contributed by atoms with van der Waals surface area (Å²) in [4.78, 5) is 16.2. The molecule has 1 aromatic heterocycles. The monoisotopic (exact) mass is 243 g/mol. The molecule has 0 radical (unpaired) electrons. The summed E-state index contributed by atoms with van der Waals surface area (Å²) in [6.07, 6.45) is 4.15. The molecule has 1 N–H and O–H groups in total. The van der Waals surface area contributed by atoms with Gasteiger partial charge in [0.2, 0.25) is 0 Å². The molecule has 4 heteroatoms. The first-order chi connectivity index (χ1) is 8.72. The topological polar surface area (TPSA) is 46.9 Å². The Kier molecular flexibility index (Phi) is 3.77. The van der Waals surface area contributed by atoms with Gasteiger partial charge in [0.25, 0.3) is 5.91 Å². The maximum atomic E-state index is 12.1. The zero-order valence-electron chi connectivity index (χ0n) is 10.6. The molecule has 4 nitrogen and oxygen atoms in total. The van der Waals surface area contributed by atoms with E-state index in [1.165, 1.54) is 0 Å². The summed E-state index contributed by atoms with van der Waals surface area (Å²) in [5, 5.41) is 2.94.